The normalized spacial score (nSPS) is 13.7. The summed E-state index contributed by atoms with van der Waals surface area (Å²) in [6, 6.07) is 18.0. The Balaban J connectivity index is 1.54. The van der Waals surface area contributed by atoms with E-state index in [2.05, 4.69) is 17.4 Å². The zero-order valence-electron chi connectivity index (χ0n) is 14.4. The van der Waals surface area contributed by atoms with Gasteiger partial charge >= 0.3 is 11.8 Å². The maximum absolute atomic E-state index is 12.6. The minimum Gasteiger partial charge on any atom is -0.348 e. The molecule has 2 aromatic rings. The summed E-state index contributed by atoms with van der Waals surface area (Å²) in [7, 11) is 0. The van der Waals surface area contributed by atoms with Crippen molar-refractivity contribution >= 4 is 17.5 Å². The lowest BCUT2D eigenvalue weighted by molar-refractivity contribution is -0.137. The van der Waals surface area contributed by atoms with Gasteiger partial charge in [-0.25, -0.2) is 0 Å². The van der Waals surface area contributed by atoms with Crippen LogP contribution in [0.15, 0.2) is 54.6 Å². The fraction of sp³-hybridized carbons (Fsp3) is 0.333. The average molecular weight is 336 g/mol. The van der Waals surface area contributed by atoms with E-state index in [4.69, 9.17) is 0 Å². The highest BCUT2D eigenvalue weighted by Gasteiger charge is 2.25. The maximum atomic E-state index is 12.6. The van der Waals surface area contributed by atoms with E-state index in [-0.39, 0.29) is 0 Å². The van der Waals surface area contributed by atoms with Crippen LogP contribution in [-0.2, 0) is 22.4 Å². The Morgan fingerprint density at radius 2 is 1.72 bits per heavy atom. The van der Waals surface area contributed by atoms with E-state index in [0.717, 1.165) is 43.4 Å². The molecule has 1 N–H and O–H groups in total. The largest absolute Gasteiger partial charge is 0.348 e. The average Bonchev–Trinajstić information content (AvgIpc) is 2.88. The minimum absolute atomic E-state index is 0.450. The lowest BCUT2D eigenvalue weighted by Gasteiger charge is -2.22. The van der Waals surface area contributed by atoms with Crippen LogP contribution in [0, 0.1) is 0 Å². The van der Waals surface area contributed by atoms with Gasteiger partial charge in [0.25, 0.3) is 0 Å². The highest BCUT2D eigenvalue weighted by Crippen LogP contribution is 2.26. The first-order valence-electron chi connectivity index (χ1n) is 8.97. The molecule has 3 rings (SSSR count). The molecule has 0 unspecified atom stereocenters. The van der Waals surface area contributed by atoms with Crippen LogP contribution < -0.4 is 10.2 Å². The second kappa shape index (κ2) is 8.47. The molecule has 0 fully saturated rings. The summed E-state index contributed by atoms with van der Waals surface area (Å²) in [6.45, 7) is 1.11. The van der Waals surface area contributed by atoms with E-state index >= 15 is 0 Å². The molecular weight excluding hydrogens is 312 g/mol. The molecule has 1 aliphatic heterocycles. The first-order valence-corrected chi connectivity index (χ1v) is 8.97. The van der Waals surface area contributed by atoms with Crippen LogP contribution >= 0.6 is 0 Å². The molecule has 1 aliphatic rings. The summed E-state index contributed by atoms with van der Waals surface area (Å²) in [5, 5.41) is 2.77. The van der Waals surface area contributed by atoms with Gasteiger partial charge in [0.15, 0.2) is 0 Å². The molecule has 4 nitrogen and oxygen atoms in total. The Hall–Kier alpha value is -2.62. The van der Waals surface area contributed by atoms with Crippen LogP contribution in [-0.4, -0.2) is 24.9 Å². The fourth-order valence-corrected chi connectivity index (χ4v) is 3.24. The van der Waals surface area contributed by atoms with Gasteiger partial charge in [0.2, 0.25) is 0 Å². The molecule has 1 heterocycles. The standard InChI is InChI=1S/C21H24N2O2/c24-20(22-15-8-11-17-9-2-1-3-10-17)21(25)23-16-7-6-13-18-12-4-5-14-19(18)23/h1-5,9-10,12,14H,6-8,11,13,15-16H2,(H,22,24). The number of nitrogens with zero attached hydrogens (tertiary/aromatic N) is 1. The molecule has 0 aliphatic carbocycles. The van der Waals surface area contributed by atoms with Crippen molar-refractivity contribution in [2.45, 2.75) is 32.1 Å². The van der Waals surface area contributed by atoms with Crippen molar-refractivity contribution in [1.29, 1.82) is 0 Å². The third-order valence-electron chi connectivity index (χ3n) is 4.57. The molecule has 0 bridgehead atoms. The maximum Gasteiger partial charge on any atom is 0.316 e. The van der Waals surface area contributed by atoms with Gasteiger partial charge in [-0.15, -0.1) is 0 Å². The number of aryl methyl sites for hydroxylation is 2. The molecule has 0 saturated carbocycles. The molecule has 2 amide bonds. The first kappa shape index (κ1) is 17.2. The van der Waals surface area contributed by atoms with Gasteiger partial charge in [-0.05, 0) is 49.3 Å². The molecule has 2 aromatic carbocycles. The van der Waals surface area contributed by atoms with E-state index in [1.807, 2.05) is 42.5 Å². The number of rotatable bonds is 4. The van der Waals surface area contributed by atoms with Crippen molar-refractivity contribution in [3.63, 3.8) is 0 Å². The molecule has 0 atom stereocenters. The van der Waals surface area contributed by atoms with Crippen molar-refractivity contribution in [2.24, 2.45) is 0 Å². The number of hydrogen-bond acceptors (Lipinski definition) is 2. The lowest BCUT2D eigenvalue weighted by atomic mass is 10.1. The second-order valence-corrected chi connectivity index (χ2v) is 6.39. The van der Waals surface area contributed by atoms with E-state index in [1.165, 1.54) is 5.56 Å². The topological polar surface area (TPSA) is 49.4 Å². The van der Waals surface area contributed by atoms with Crippen LogP contribution in [0.25, 0.3) is 0 Å². The highest BCUT2D eigenvalue weighted by molar-refractivity contribution is 6.40. The Morgan fingerprint density at radius 3 is 2.56 bits per heavy atom. The van der Waals surface area contributed by atoms with Gasteiger partial charge in [0.1, 0.15) is 0 Å². The van der Waals surface area contributed by atoms with Crippen molar-refractivity contribution < 1.29 is 9.59 Å². The second-order valence-electron chi connectivity index (χ2n) is 6.39. The molecule has 0 saturated heterocycles. The van der Waals surface area contributed by atoms with Gasteiger partial charge in [-0.2, -0.15) is 0 Å². The van der Waals surface area contributed by atoms with E-state index in [0.29, 0.717) is 13.1 Å². The van der Waals surface area contributed by atoms with Gasteiger partial charge in [-0.3, -0.25) is 9.59 Å². The van der Waals surface area contributed by atoms with Crippen LogP contribution in [0.3, 0.4) is 0 Å². The number of benzene rings is 2. The SMILES string of the molecule is O=C(NCCCc1ccccc1)C(=O)N1CCCCc2ccccc21. The Bertz CT molecular complexity index is 728. The number of amides is 2. The van der Waals surface area contributed by atoms with E-state index in [1.54, 1.807) is 4.90 Å². The van der Waals surface area contributed by atoms with Crippen molar-refractivity contribution in [2.75, 3.05) is 18.0 Å². The molecular formula is C21H24N2O2. The van der Waals surface area contributed by atoms with Crippen LogP contribution in [0.2, 0.25) is 0 Å². The predicted molar refractivity (Wildman–Crippen MR) is 99.5 cm³/mol. The van der Waals surface area contributed by atoms with Crippen molar-refractivity contribution in [3.8, 4) is 0 Å². The molecule has 25 heavy (non-hydrogen) atoms. The van der Waals surface area contributed by atoms with Gasteiger partial charge < -0.3 is 10.2 Å². The number of anilines is 1. The van der Waals surface area contributed by atoms with Crippen LogP contribution in [0.5, 0.6) is 0 Å². The summed E-state index contributed by atoms with van der Waals surface area (Å²) in [4.78, 5) is 26.5. The highest BCUT2D eigenvalue weighted by atomic mass is 16.2. The van der Waals surface area contributed by atoms with E-state index in [9.17, 15) is 9.59 Å². The number of carbonyl (C=O) groups excluding carboxylic acids is 2. The molecule has 4 heteroatoms. The van der Waals surface area contributed by atoms with Gasteiger partial charge in [0, 0.05) is 18.8 Å². The summed E-state index contributed by atoms with van der Waals surface area (Å²) in [6.07, 6.45) is 4.63. The zero-order chi connectivity index (χ0) is 17.5. The lowest BCUT2D eigenvalue weighted by Crippen LogP contribution is -2.44. The number of nitrogens with one attached hydrogen (secondary N) is 1. The minimum atomic E-state index is -0.509. The van der Waals surface area contributed by atoms with Crippen molar-refractivity contribution in [3.05, 3.63) is 65.7 Å². The number of hydrogen-bond donors (Lipinski definition) is 1. The van der Waals surface area contributed by atoms with Crippen LogP contribution in [0.4, 0.5) is 5.69 Å². The number of carbonyl (C=O) groups is 2. The van der Waals surface area contributed by atoms with Crippen molar-refractivity contribution in [1.82, 2.24) is 5.32 Å². The van der Waals surface area contributed by atoms with Gasteiger partial charge in [0.05, 0.1) is 0 Å². The summed E-state index contributed by atoms with van der Waals surface area (Å²) >= 11 is 0. The predicted octanol–water partition coefficient (Wildman–Crippen LogP) is 3.10. The molecule has 0 aromatic heterocycles. The summed E-state index contributed by atoms with van der Waals surface area (Å²) < 4.78 is 0. The van der Waals surface area contributed by atoms with Crippen LogP contribution in [0.1, 0.15) is 30.4 Å². The number of fused-ring (bicyclic) bond motifs is 1. The monoisotopic (exact) mass is 336 g/mol. The smallest absolute Gasteiger partial charge is 0.316 e. The fourth-order valence-electron chi connectivity index (χ4n) is 3.24. The summed E-state index contributed by atoms with van der Waals surface area (Å²) in [5.41, 5.74) is 3.26. The first-order chi connectivity index (χ1) is 12.3. The number of para-hydroxylation sites is 1. The molecule has 0 radical (unpaired) electrons. The zero-order valence-corrected chi connectivity index (χ0v) is 14.4. The third-order valence-corrected chi connectivity index (χ3v) is 4.57. The summed E-state index contributed by atoms with van der Waals surface area (Å²) in [5.74, 6) is -0.959. The van der Waals surface area contributed by atoms with Gasteiger partial charge in [-0.1, -0.05) is 48.5 Å². The Labute approximate surface area is 148 Å². The van der Waals surface area contributed by atoms with E-state index < -0.39 is 11.8 Å². The quantitative estimate of drug-likeness (QED) is 0.689. The Morgan fingerprint density at radius 1 is 0.960 bits per heavy atom. The molecule has 130 valence electrons. The molecule has 0 spiro atoms. The Kier molecular flexibility index (Phi) is 5.83. The third kappa shape index (κ3) is 4.47.